The Morgan fingerprint density at radius 2 is 2.07 bits per heavy atom. The Labute approximate surface area is 97.5 Å². The smallest absolute Gasteiger partial charge is 0.0760 e. The van der Waals surface area contributed by atoms with Crippen LogP contribution in [0.25, 0.3) is 0 Å². The van der Waals surface area contributed by atoms with E-state index in [2.05, 4.69) is 17.1 Å². The summed E-state index contributed by atoms with van der Waals surface area (Å²) in [7, 11) is 1.89. The van der Waals surface area contributed by atoms with Crippen molar-refractivity contribution in [1.29, 1.82) is 0 Å². The molecule has 0 spiro atoms. The van der Waals surface area contributed by atoms with Crippen molar-refractivity contribution < 1.29 is 4.74 Å². The van der Waals surface area contributed by atoms with Crippen LogP contribution in [0.2, 0.25) is 0 Å². The van der Waals surface area contributed by atoms with E-state index in [1.807, 2.05) is 7.11 Å². The van der Waals surface area contributed by atoms with E-state index in [4.69, 9.17) is 4.74 Å². The highest BCUT2D eigenvalue weighted by atomic mass is 32.2. The molecule has 0 aromatic rings. The fourth-order valence-corrected chi connectivity index (χ4v) is 3.93. The highest BCUT2D eigenvalue weighted by Gasteiger charge is 2.31. The monoisotopic (exact) mass is 229 g/mol. The van der Waals surface area contributed by atoms with E-state index >= 15 is 0 Å². The molecule has 88 valence electrons. The molecular formula is C12H23NOS. The average Bonchev–Trinajstić information content (AvgIpc) is 2.33. The van der Waals surface area contributed by atoms with Crippen LogP contribution in [-0.2, 0) is 4.74 Å². The van der Waals surface area contributed by atoms with Gasteiger partial charge in [0.05, 0.1) is 6.10 Å². The maximum atomic E-state index is 5.75. The van der Waals surface area contributed by atoms with Gasteiger partial charge in [0, 0.05) is 31.2 Å². The summed E-state index contributed by atoms with van der Waals surface area (Å²) in [5.41, 5.74) is 0. The van der Waals surface area contributed by atoms with Gasteiger partial charge in [-0.15, -0.1) is 0 Å². The molecule has 0 radical (unpaired) electrons. The molecule has 2 nitrogen and oxygen atoms in total. The molecule has 0 aromatic heterocycles. The maximum Gasteiger partial charge on any atom is 0.0760 e. The predicted molar refractivity (Wildman–Crippen MR) is 66.5 cm³/mol. The van der Waals surface area contributed by atoms with Crippen LogP contribution in [0, 0.1) is 5.92 Å². The minimum absolute atomic E-state index is 0.457. The lowest BCUT2D eigenvalue weighted by molar-refractivity contribution is 0.0138. The highest BCUT2D eigenvalue weighted by Crippen LogP contribution is 2.30. The van der Waals surface area contributed by atoms with Crippen molar-refractivity contribution >= 4 is 11.8 Å². The first-order chi connectivity index (χ1) is 7.42. The first kappa shape index (κ1) is 11.7. The van der Waals surface area contributed by atoms with Crippen LogP contribution >= 0.6 is 11.8 Å². The molecule has 0 bridgehead atoms. The summed E-state index contributed by atoms with van der Waals surface area (Å²) < 4.78 is 5.75. The van der Waals surface area contributed by atoms with Crippen molar-refractivity contribution in [2.45, 2.75) is 44.2 Å². The van der Waals surface area contributed by atoms with Crippen molar-refractivity contribution in [2.75, 3.05) is 25.2 Å². The topological polar surface area (TPSA) is 21.3 Å². The Kier molecular flexibility index (Phi) is 4.79. The SMILES string of the molecule is COC(C1CCCCC1)[C@@H]1CSCCN1. The van der Waals surface area contributed by atoms with Gasteiger partial charge in [0.25, 0.3) is 0 Å². The van der Waals surface area contributed by atoms with Gasteiger partial charge in [-0.05, 0) is 18.8 Å². The molecule has 1 aliphatic heterocycles. The fourth-order valence-electron chi connectivity index (χ4n) is 2.94. The molecular weight excluding hydrogens is 206 g/mol. The molecule has 2 fully saturated rings. The normalized spacial score (nSPS) is 31.4. The lowest BCUT2D eigenvalue weighted by Gasteiger charge is -2.37. The third-order valence-corrected chi connectivity index (χ3v) is 4.82. The van der Waals surface area contributed by atoms with Gasteiger partial charge in [-0.25, -0.2) is 0 Å². The molecule has 15 heavy (non-hydrogen) atoms. The second-order valence-corrected chi connectivity index (χ2v) is 5.88. The number of rotatable bonds is 3. The highest BCUT2D eigenvalue weighted by molar-refractivity contribution is 7.99. The second kappa shape index (κ2) is 6.12. The number of thioether (sulfide) groups is 1. The molecule has 3 heteroatoms. The molecule has 0 amide bonds. The number of hydrogen-bond acceptors (Lipinski definition) is 3. The second-order valence-electron chi connectivity index (χ2n) is 4.73. The molecule has 0 aromatic carbocycles. The van der Waals surface area contributed by atoms with Gasteiger partial charge >= 0.3 is 0 Å². The van der Waals surface area contributed by atoms with Gasteiger partial charge in [0.1, 0.15) is 0 Å². The molecule has 2 rings (SSSR count). The van der Waals surface area contributed by atoms with Crippen LogP contribution < -0.4 is 5.32 Å². The van der Waals surface area contributed by atoms with Crippen molar-refractivity contribution in [1.82, 2.24) is 5.32 Å². The lowest BCUT2D eigenvalue weighted by Crippen LogP contribution is -2.50. The zero-order chi connectivity index (χ0) is 10.5. The van der Waals surface area contributed by atoms with Crippen LogP contribution in [0.3, 0.4) is 0 Å². The Bertz CT molecular complexity index is 158. The van der Waals surface area contributed by atoms with Crippen molar-refractivity contribution in [3.63, 3.8) is 0 Å². The van der Waals surface area contributed by atoms with Gasteiger partial charge < -0.3 is 10.1 Å². The predicted octanol–water partition coefficient (Wildman–Crippen LogP) is 2.29. The number of methoxy groups -OCH3 is 1. The summed E-state index contributed by atoms with van der Waals surface area (Å²) in [6, 6.07) is 0.594. The van der Waals surface area contributed by atoms with E-state index < -0.39 is 0 Å². The van der Waals surface area contributed by atoms with Crippen LogP contribution in [0.15, 0.2) is 0 Å². The molecule has 1 aliphatic carbocycles. The van der Waals surface area contributed by atoms with Gasteiger partial charge in [0.15, 0.2) is 0 Å². The molecule has 1 saturated heterocycles. The van der Waals surface area contributed by atoms with Crippen molar-refractivity contribution in [3.8, 4) is 0 Å². The van der Waals surface area contributed by atoms with Crippen molar-refractivity contribution in [3.05, 3.63) is 0 Å². The van der Waals surface area contributed by atoms with Crippen LogP contribution in [0.5, 0.6) is 0 Å². The van der Waals surface area contributed by atoms with Crippen LogP contribution in [0.1, 0.15) is 32.1 Å². The zero-order valence-corrected chi connectivity index (χ0v) is 10.5. The molecule has 2 atom stereocenters. The number of nitrogens with one attached hydrogen (secondary N) is 1. The van der Waals surface area contributed by atoms with E-state index in [-0.39, 0.29) is 0 Å². The van der Waals surface area contributed by atoms with Gasteiger partial charge in [-0.1, -0.05) is 19.3 Å². The molecule has 1 unspecified atom stereocenters. The zero-order valence-electron chi connectivity index (χ0n) is 9.71. The Hall–Kier alpha value is 0.270. The number of hydrogen-bond donors (Lipinski definition) is 1. The molecule has 2 aliphatic rings. The minimum Gasteiger partial charge on any atom is -0.380 e. The van der Waals surface area contributed by atoms with Crippen LogP contribution in [0.4, 0.5) is 0 Å². The van der Waals surface area contributed by atoms with Gasteiger partial charge in [-0.3, -0.25) is 0 Å². The van der Waals surface area contributed by atoms with Crippen molar-refractivity contribution in [2.24, 2.45) is 5.92 Å². The average molecular weight is 229 g/mol. The third-order valence-electron chi connectivity index (χ3n) is 3.73. The summed E-state index contributed by atoms with van der Waals surface area (Å²) in [5.74, 6) is 3.30. The molecule has 1 saturated carbocycles. The van der Waals surface area contributed by atoms with E-state index in [1.54, 1.807) is 0 Å². The first-order valence-electron chi connectivity index (χ1n) is 6.25. The summed E-state index contributed by atoms with van der Waals surface area (Å²) in [5, 5.41) is 3.62. The number of ether oxygens (including phenoxy) is 1. The lowest BCUT2D eigenvalue weighted by atomic mass is 9.83. The quantitative estimate of drug-likeness (QED) is 0.802. The van der Waals surface area contributed by atoms with Gasteiger partial charge in [-0.2, -0.15) is 11.8 Å². The van der Waals surface area contributed by atoms with Gasteiger partial charge in [0.2, 0.25) is 0 Å². The Morgan fingerprint density at radius 1 is 1.27 bits per heavy atom. The van der Waals surface area contributed by atoms with E-state index in [0.29, 0.717) is 12.1 Å². The molecule has 1 heterocycles. The van der Waals surface area contributed by atoms with Crippen LogP contribution in [-0.4, -0.2) is 37.3 Å². The summed E-state index contributed by atoms with van der Waals surface area (Å²) >= 11 is 2.07. The first-order valence-corrected chi connectivity index (χ1v) is 7.41. The van der Waals surface area contributed by atoms with E-state index in [0.717, 1.165) is 12.5 Å². The van der Waals surface area contributed by atoms with E-state index in [1.165, 1.54) is 43.6 Å². The summed E-state index contributed by atoms with van der Waals surface area (Å²) in [6.07, 6.45) is 7.45. The molecule has 1 N–H and O–H groups in total. The fraction of sp³-hybridized carbons (Fsp3) is 1.00. The van der Waals surface area contributed by atoms with E-state index in [9.17, 15) is 0 Å². The maximum absolute atomic E-state index is 5.75. The standard InChI is InChI=1S/C12H23NOS/c1-14-12(10-5-3-2-4-6-10)11-9-15-8-7-13-11/h10-13H,2-9H2,1H3/t11-,12?/m0/s1. The summed E-state index contributed by atoms with van der Waals surface area (Å²) in [6.45, 7) is 1.15. The Balaban J connectivity index is 1.88. The Morgan fingerprint density at radius 3 is 2.67 bits per heavy atom. The largest absolute Gasteiger partial charge is 0.380 e. The summed E-state index contributed by atoms with van der Waals surface area (Å²) in [4.78, 5) is 0. The third kappa shape index (κ3) is 3.11. The minimum atomic E-state index is 0.457.